The number of nitrogens with one attached hydrogen (secondary N) is 1. The van der Waals surface area contributed by atoms with E-state index in [2.05, 4.69) is 32.9 Å². The molecule has 3 nitrogen and oxygen atoms in total. The molecule has 1 amide bonds. The van der Waals surface area contributed by atoms with Crippen LogP contribution >= 0.6 is 45.8 Å². The Morgan fingerprint density at radius 3 is 2.61 bits per heavy atom. The standard InChI is InChI=1S/C12H7Cl2IN2O/c13-9-5-7(1-3-10(9)15)12(18)17-8-2-4-11(14)16-6-8/h1-6H,(H,17,18). The Balaban J connectivity index is 2.16. The molecule has 0 aliphatic heterocycles. The first kappa shape index (κ1) is 13.6. The number of hydrogen-bond acceptors (Lipinski definition) is 2. The summed E-state index contributed by atoms with van der Waals surface area (Å²) in [6.45, 7) is 0. The number of hydrogen-bond donors (Lipinski definition) is 1. The highest BCUT2D eigenvalue weighted by Gasteiger charge is 2.08. The van der Waals surface area contributed by atoms with Gasteiger partial charge in [-0.2, -0.15) is 0 Å². The number of carbonyl (C=O) groups is 1. The number of anilines is 1. The molecule has 1 heterocycles. The fraction of sp³-hybridized carbons (Fsp3) is 0. The van der Waals surface area contributed by atoms with Gasteiger partial charge in [0, 0.05) is 9.13 Å². The maximum Gasteiger partial charge on any atom is 0.255 e. The van der Waals surface area contributed by atoms with Crippen molar-refractivity contribution in [2.24, 2.45) is 0 Å². The van der Waals surface area contributed by atoms with E-state index in [-0.39, 0.29) is 5.91 Å². The number of pyridine rings is 1. The summed E-state index contributed by atoms with van der Waals surface area (Å²) in [6.07, 6.45) is 1.49. The molecule has 1 aromatic heterocycles. The zero-order chi connectivity index (χ0) is 13.1. The van der Waals surface area contributed by atoms with Gasteiger partial charge in [-0.25, -0.2) is 4.98 Å². The second kappa shape index (κ2) is 5.86. The van der Waals surface area contributed by atoms with Crippen molar-refractivity contribution in [3.8, 4) is 0 Å². The van der Waals surface area contributed by atoms with Gasteiger partial charge in [0.2, 0.25) is 0 Å². The second-order valence-corrected chi connectivity index (χ2v) is 5.41. The lowest BCUT2D eigenvalue weighted by Crippen LogP contribution is -2.12. The molecule has 0 saturated heterocycles. The lowest BCUT2D eigenvalue weighted by Gasteiger charge is -2.05. The van der Waals surface area contributed by atoms with Crippen molar-refractivity contribution < 1.29 is 4.79 Å². The van der Waals surface area contributed by atoms with Crippen LogP contribution in [0.5, 0.6) is 0 Å². The number of aromatic nitrogens is 1. The highest BCUT2D eigenvalue weighted by molar-refractivity contribution is 14.1. The maximum atomic E-state index is 11.9. The van der Waals surface area contributed by atoms with E-state index in [0.29, 0.717) is 21.4 Å². The number of nitrogens with zero attached hydrogens (tertiary/aromatic N) is 1. The highest BCUT2D eigenvalue weighted by atomic mass is 127. The smallest absolute Gasteiger partial charge is 0.255 e. The molecule has 0 bridgehead atoms. The van der Waals surface area contributed by atoms with Gasteiger partial charge in [0.25, 0.3) is 5.91 Å². The quantitative estimate of drug-likeness (QED) is 0.613. The van der Waals surface area contributed by atoms with Gasteiger partial charge in [-0.15, -0.1) is 0 Å². The Bertz CT molecular complexity index is 587. The van der Waals surface area contributed by atoms with E-state index in [4.69, 9.17) is 23.2 Å². The first-order valence-corrected chi connectivity index (χ1v) is 6.77. The van der Waals surface area contributed by atoms with Crippen LogP contribution in [0.25, 0.3) is 0 Å². The minimum Gasteiger partial charge on any atom is -0.321 e. The van der Waals surface area contributed by atoms with Crippen LogP contribution in [0.15, 0.2) is 36.5 Å². The average Bonchev–Trinajstić information content (AvgIpc) is 2.35. The molecule has 0 fully saturated rings. The fourth-order valence-electron chi connectivity index (χ4n) is 1.29. The monoisotopic (exact) mass is 392 g/mol. The molecule has 0 radical (unpaired) electrons. The molecule has 0 aliphatic carbocycles. The zero-order valence-electron chi connectivity index (χ0n) is 8.95. The molecular weight excluding hydrogens is 386 g/mol. The molecular formula is C12H7Cl2IN2O. The fourth-order valence-corrected chi connectivity index (χ4v) is 1.92. The van der Waals surface area contributed by atoms with Gasteiger partial charge in [-0.1, -0.05) is 23.2 Å². The third-order valence-electron chi connectivity index (χ3n) is 2.17. The molecule has 18 heavy (non-hydrogen) atoms. The molecule has 0 aliphatic rings. The summed E-state index contributed by atoms with van der Waals surface area (Å²) in [5.74, 6) is -0.238. The van der Waals surface area contributed by atoms with E-state index >= 15 is 0 Å². The second-order valence-electron chi connectivity index (χ2n) is 3.45. The molecule has 92 valence electrons. The highest BCUT2D eigenvalue weighted by Crippen LogP contribution is 2.20. The number of amides is 1. The van der Waals surface area contributed by atoms with Gasteiger partial charge in [0.1, 0.15) is 5.15 Å². The van der Waals surface area contributed by atoms with Crippen molar-refractivity contribution in [2.75, 3.05) is 5.32 Å². The lowest BCUT2D eigenvalue weighted by atomic mass is 10.2. The molecule has 0 unspecified atom stereocenters. The summed E-state index contributed by atoms with van der Waals surface area (Å²) in [7, 11) is 0. The summed E-state index contributed by atoms with van der Waals surface area (Å²) in [4.78, 5) is 15.8. The molecule has 2 rings (SSSR count). The minimum absolute atomic E-state index is 0.238. The van der Waals surface area contributed by atoms with Crippen LogP contribution in [0, 0.1) is 3.57 Å². The Kier molecular flexibility index (Phi) is 4.42. The van der Waals surface area contributed by atoms with Crippen molar-refractivity contribution in [1.82, 2.24) is 4.98 Å². The van der Waals surface area contributed by atoms with Gasteiger partial charge in [0.15, 0.2) is 0 Å². The van der Waals surface area contributed by atoms with E-state index in [1.807, 2.05) is 0 Å². The van der Waals surface area contributed by atoms with Crippen LogP contribution < -0.4 is 5.32 Å². The lowest BCUT2D eigenvalue weighted by molar-refractivity contribution is 0.102. The zero-order valence-corrected chi connectivity index (χ0v) is 12.6. The van der Waals surface area contributed by atoms with Crippen LogP contribution in [0.4, 0.5) is 5.69 Å². The molecule has 0 saturated carbocycles. The Morgan fingerprint density at radius 1 is 1.22 bits per heavy atom. The van der Waals surface area contributed by atoms with Gasteiger partial charge < -0.3 is 5.32 Å². The molecule has 0 spiro atoms. The largest absolute Gasteiger partial charge is 0.321 e. The molecule has 0 atom stereocenters. The van der Waals surface area contributed by atoms with Crippen LogP contribution in [0.2, 0.25) is 10.2 Å². The first-order chi connectivity index (χ1) is 8.56. The van der Waals surface area contributed by atoms with Gasteiger partial charge >= 0.3 is 0 Å². The van der Waals surface area contributed by atoms with Crippen LogP contribution in [0.1, 0.15) is 10.4 Å². The number of rotatable bonds is 2. The summed E-state index contributed by atoms with van der Waals surface area (Å²) >= 11 is 13.7. The Morgan fingerprint density at radius 2 is 2.00 bits per heavy atom. The minimum atomic E-state index is -0.238. The van der Waals surface area contributed by atoms with E-state index in [9.17, 15) is 4.79 Å². The van der Waals surface area contributed by atoms with Gasteiger partial charge in [-0.3, -0.25) is 4.79 Å². The summed E-state index contributed by atoms with van der Waals surface area (Å²) < 4.78 is 0.902. The van der Waals surface area contributed by atoms with Crippen LogP contribution in [0.3, 0.4) is 0 Å². The van der Waals surface area contributed by atoms with Crippen molar-refractivity contribution in [1.29, 1.82) is 0 Å². The van der Waals surface area contributed by atoms with Crippen molar-refractivity contribution in [3.63, 3.8) is 0 Å². The first-order valence-electron chi connectivity index (χ1n) is 4.94. The molecule has 1 aromatic carbocycles. The van der Waals surface area contributed by atoms with E-state index in [1.54, 1.807) is 30.3 Å². The van der Waals surface area contributed by atoms with Crippen molar-refractivity contribution in [2.45, 2.75) is 0 Å². The summed E-state index contributed by atoms with van der Waals surface area (Å²) in [5.41, 5.74) is 1.08. The van der Waals surface area contributed by atoms with Crippen LogP contribution in [-0.4, -0.2) is 10.9 Å². The number of carbonyl (C=O) groups excluding carboxylic acids is 1. The normalized spacial score (nSPS) is 10.2. The topological polar surface area (TPSA) is 42.0 Å². The predicted octanol–water partition coefficient (Wildman–Crippen LogP) is 4.25. The third-order valence-corrected chi connectivity index (χ3v) is 3.96. The SMILES string of the molecule is O=C(Nc1ccc(Cl)nc1)c1ccc(I)c(Cl)c1. The number of halogens is 3. The number of benzene rings is 1. The molecule has 1 N–H and O–H groups in total. The van der Waals surface area contributed by atoms with E-state index in [1.165, 1.54) is 6.20 Å². The maximum absolute atomic E-state index is 11.9. The molecule has 6 heteroatoms. The van der Waals surface area contributed by atoms with Crippen molar-refractivity contribution in [3.05, 3.63) is 55.8 Å². The van der Waals surface area contributed by atoms with E-state index in [0.717, 1.165) is 3.57 Å². The summed E-state index contributed by atoms with van der Waals surface area (Å²) in [5, 5.41) is 3.64. The Hall–Kier alpha value is -0.850. The molecule has 2 aromatic rings. The third kappa shape index (κ3) is 3.34. The van der Waals surface area contributed by atoms with E-state index < -0.39 is 0 Å². The predicted molar refractivity (Wildman–Crippen MR) is 81.4 cm³/mol. The van der Waals surface area contributed by atoms with Crippen LogP contribution in [-0.2, 0) is 0 Å². The van der Waals surface area contributed by atoms with Gasteiger partial charge in [-0.05, 0) is 52.9 Å². The summed E-state index contributed by atoms with van der Waals surface area (Å²) in [6, 6.07) is 8.42. The average molecular weight is 393 g/mol. The van der Waals surface area contributed by atoms with Gasteiger partial charge in [0.05, 0.1) is 16.9 Å². The van der Waals surface area contributed by atoms with Crippen molar-refractivity contribution >= 4 is 57.4 Å². The Labute approximate surface area is 128 Å².